The largest absolute Gasteiger partial charge is 0.332 e. The van der Waals surface area contributed by atoms with Gasteiger partial charge in [-0.1, -0.05) is 42.5 Å². The molecule has 2 N–H and O–H groups in total. The minimum Gasteiger partial charge on any atom is -0.332 e. The fourth-order valence-corrected chi connectivity index (χ4v) is 3.26. The van der Waals surface area contributed by atoms with Gasteiger partial charge >= 0.3 is 0 Å². The molecule has 138 valence electrons. The summed E-state index contributed by atoms with van der Waals surface area (Å²) >= 11 is 1.55. The Morgan fingerprint density at radius 3 is 2.56 bits per heavy atom. The molecule has 0 saturated carbocycles. The number of H-pyrrole nitrogens is 1. The molecule has 1 aromatic heterocycles. The summed E-state index contributed by atoms with van der Waals surface area (Å²) in [6, 6.07) is 17.1. The predicted octanol–water partition coefficient (Wildman–Crippen LogP) is 3.51. The van der Waals surface area contributed by atoms with E-state index in [9.17, 15) is 9.59 Å². The Hall–Kier alpha value is -3.06. The quantitative estimate of drug-likeness (QED) is 0.642. The number of nitrogens with zero attached hydrogens (tertiary/aromatic N) is 2. The fraction of sp³-hybridized carbons (Fsp3) is 0.150. The lowest BCUT2D eigenvalue weighted by Crippen LogP contribution is -2.35. The smallest absolute Gasteiger partial charge is 0.257 e. The van der Waals surface area contributed by atoms with Gasteiger partial charge in [-0.25, -0.2) is 0 Å². The van der Waals surface area contributed by atoms with Gasteiger partial charge in [-0.05, 0) is 18.4 Å². The number of nitrogens with one attached hydrogen (secondary N) is 2. The van der Waals surface area contributed by atoms with Crippen LogP contribution in [0.4, 0.5) is 5.69 Å². The van der Waals surface area contributed by atoms with Crippen molar-refractivity contribution in [2.24, 2.45) is 0 Å². The first-order valence-corrected chi connectivity index (χ1v) is 9.59. The van der Waals surface area contributed by atoms with Gasteiger partial charge in [0.2, 0.25) is 5.91 Å². The summed E-state index contributed by atoms with van der Waals surface area (Å²) in [7, 11) is 1.60. The zero-order valence-corrected chi connectivity index (χ0v) is 15.9. The molecule has 2 amide bonds. The Balaban J connectivity index is 1.70. The maximum Gasteiger partial charge on any atom is 0.257 e. The van der Waals surface area contributed by atoms with Crippen molar-refractivity contribution in [1.82, 2.24) is 15.1 Å². The van der Waals surface area contributed by atoms with Gasteiger partial charge < -0.3 is 10.2 Å². The monoisotopic (exact) mass is 380 g/mol. The first-order valence-electron chi connectivity index (χ1n) is 8.37. The van der Waals surface area contributed by atoms with E-state index >= 15 is 0 Å². The molecule has 0 spiro atoms. The van der Waals surface area contributed by atoms with E-state index in [-0.39, 0.29) is 18.4 Å². The molecule has 0 bridgehead atoms. The van der Waals surface area contributed by atoms with E-state index in [2.05, 4.69) is 15.5 Å². The number of benzene rings is 2. The minimum absolute atomic E-state index is 0.0546. The highest BCUT2D eigenvalue weighted by Crippen LogP contribution is 2.25. The van der Waals surface area contributed by atoms with Crippen LogP contribution in [-0.2, 0) is 4.79 Å². The topological polar surface area (TPSA) is 78.1 Å². The minimum atomic E-state index is -0.268. The van der Waals surface area contributed by atoms with Crippen LogP contribution in [0.25, 0.3) is 11.3 Å². The molecule has 6 nitrogen and oxygen atoms in total. The van der Waals surface area contributed by atoms with E-state index in [0.29, 0.717) is 11.3 Å². The molecule has 0 unspecified atom stereocenters. The molecule has 7 heteroatoms. The number of thioether (sulfide) groups is 1. The number of para-hydroxylation sites is 1. The zero-order chi connectivity index (χ0) is 19.2. The molecule has 0 radical (unpaired) electrons. The predicted molar refractivity (Wildman–Crippen MR) is 108 cm³/mol. The van der Waals surface area contributed by atoms with Crippen LogP contribution in [0.2, 0.25) is 0 Å². The van der Waals surface area contributed by atoms with Crippen LogP contribution in [0.3, 0.4) is 0 Å². The average molecular weight is 380 g/mol. The third kappa shape index (κ3) is 4.38. The van der Waals surface area contributed by atoms with Crippen LogP contribution in [0.15, 0.2) is 65.7 Å². The number of aromatic amines is 1. The van der Waals surface area contributed by atoms with Crippen molar-refractivity contribution in [1.29, 1.82) is 0 Å². The summed E-state index contributed by atoms with van der Waals surface area (Å²) in [6.45, 7) is -0.0546. The molecule has 27 heavy (non-hydrogen) atoms. The van der Waals surface area contributed by atoms with Gasteiger partial charge in [-0.3, -0.25) is 14.7 Å². The fourth-order valence-electron chi connectivity index (χ4n) is 2.70. The highest BCUT2D eigenvalue weighted by Gasteiger charge is 2.20. The van der Waals surface area contributed by atoms with Crippen molar-refractivity contribution in [2.75, 3.05) is 25.2 Å². The molecule has 0 fully saturated rings. The van der Waals surface area contributed by atoms with Gasteiger partial charge in [0.1, 0.15) is 0 Å². The molecule has 0 aliphatic carbocycles. The molecular formula is C20H20N4O2S. The van der Waals surface area contributed by atoms with Crippen molar-refractivity contribution in [3.63, 3.8) is 0 Å². The van der Waals surface area contributed by atoms with Crippen LogP contribution in [0.1, 0.15) is 10.4 Å². The van der Waals surface area contributed by atoms with Gasteiger partial charge in [0, 0.05) is 17.5 Å². The van der Waals surface area contributed by atoms with Crippen LogP contribution >= 0.6 is 11.8 Å². The van der Waals surface area contributed by atoms with Crippen LogP contribution in [-0.4, -0.2) is 46.8 Å². The standard InChI is InChI=1S/C20H20N4O2S/c1-24(13-18(25)22-16-10-6-7-11-17(16)27-2)20(26)15-12-21-23-19(15)14-8-4-3-5-9-14/h3-12H,13H2,1-2H3,(H,21,23)(H,22,25). The van der Waals surface area contributed by atoms with E-state index in [0.717, 1.165) is 16.1 Å². The summed E-state index contributed by atoms with van der Waals surface area (Å²) < 4.78 is 0. The molecule has 2 aromatic carbocycles. The lowest BCUT2D eigenvalue weighted by atomic mass is 10.1. The van der Waals surface area contributed by atoms with E-state index in [4.69, 9.17) is 0 Å². The second kappa shape index (κ2) is 8.55. The van der Waals surface area contributed by atoms with E-state index < -0.39 is 0 Å². The molecule has 0 aliphatic heterocycles. The second-order valence-electron chi connectivity index (χ2n) is 5.93. The molecule has 3 rings (SSSR count). The highest BCUT2D eigenvalue weighted by molar-refractivity contribution is 7.98. The van der Waals surface area contributed by atoms with Gasteiger partial charge in [-0.2, -0.15) is 5.10 Å². The number of carbonyl (C=O) groups is 2. The molecule has 3 aromatic rings. The Morgan fingerprint density at radius 1 is 1.11 bits per heavy atom. The number of amides is 2. The van der Waals surface area contributed by atoms with E-state index in [1.807, 2.05) is 60.9 Å². The highest BCUT2D eigenvalue weighted by atomic mass is 32.2. The molecule has 1 heterocycles. The Kier molecular flexibility index (Phi) is 5.93. The summed E-state index contributed by atoms with van der Waals surface area (Å²) in [5.41, 5.74) is 2.68. The number of rotatable bonds is 6. The van der Waals surface area contributed by atoms with Crippen molar-refractivity contribution >= 4 is 29.3 Å². The van der Waals surface area contributed by atoms with E-state index in [1.54, 1.807) is 18.8 Å². The second-order valence-corrected chi connectivity index (χ2v) is 6.78. The average Bonchev–Trinajstić information content (AvgIpc) is 3.18. The first kappa shape index (κ1) is 18.7. The Morgan fingerprint density at radius 2 is 1.81 bits per heavy atom. The Bertz CT molecular complexity index is 940. The molecular weight excluding hydrogens is 360 g/mol. The van der Waals surface area contributed by atoms with Crippen molar-refractivity contribution < 1.29 is 9.59 Å². The maximum absolute atomic E-state index is 12.8. The SMILES string of the molecule is CSc1ccccc1NC(=O)CN(C)C(=O)c1cn[nH]c1-c1ccccc1. The number of aromatic nitrogens is 2. The third-order valence-electron chi connectivity index (χ3n) is 4.04. The van der Waals surface area contributed by atoms with Gasteiger partial charge in [0.05, 0.1) is 29.7 Å². The lowest BCUT2D eigenvalue weighted by Gasteiger charge is -2.17. The summed E-state index contributed by atoms with van der Waals surface area (Å²) in [4.78, 5) is 27.5. The molecule has 0 saturated heterocycles. The number of hydrogen-bond acceptors (Lipinski definition) is 4. The zero-order valence-electron chi connectivity index (χ0n) is 15.1. The summed E-state index contributed by atoms with van der Waals surface area (Å²) in [5, 5.41) is 9.72. The van der Waals surface area contributed by atoms with Crippen molar-refractivity contribution in [2.45, 2.75) is 4.90 Å². The lowest BCUT2D eigenvalue weighted by molar-refractivity contribution is -0.116. The summed E-state index contributed by atoms with van der Waals surface area (Å²) in [6.07, 6.45) is 3.44. The van der Waals surface area contributed by atoms with Crippen molar-refractivity contribution in [3.8, 4) is 11.3 Å². The van der Waals surface area contributed by atoms with E-state index in [1.165, 1.54) is 11.1 Å². The molecule has 0 aliphatic rings. The Labute approximate surface area is 162 Å². The summed E-state index contributed by atoms with van der Waals surface area (Å²) in [5.74, 6) is -0.520. The number of likely N-dealkylation sites (N-methyl/N-ethyl adjacent to an activating group) is 1. The number of hydrogen-bond donors (Lipinski definition) is 2. The van der Waals surface area contributed by atoms with Crippen LogP contribution < -0.4 is 5.32 Å². The maximum atomic E-state index is 12.8. The number of anilines is 1. The van der Waals surface area contributed by atoms with Gasteiger partial charge in [0.15, 0.2) is 0 Å². The van der Waals surface area contributed by atoms with Gasteiger partial charge in [0.25, 0.3) is 5.91 Å². The molecule has 0 atom stereocenters. The number of carbonyl (C=O) groups excluding carboxylic acids is 2. The van der Waals surface area contributed by atoms with Crippen LogP contribution in [0.5, 0.6) is 0 Å². The first-order chi connectivity index (χ1) is 13.1. The van der Waals surface area contributed by atoms with Crippen molar-refractivity contribution in [3.05, 3.63) is 66.4 Å². The van der Waals surface area contributed by atoms with Crippen LogP contribution in [0, 0.1) is 0 Å². The normalized spacial score (nSPS) is 10.4. The van der Waals surface area contributed by atoms with Gasteiger partial charge in [-0.15, -0.1) is 11.8 Å². The third-order valence-corrected chi connectivity index (χ3v) is 4.84.